The molecule has 9 heavy (non-hydrogen) atoms. The lowest BCUT2D eigenvalue weighted by Crippen LogP contribution is -2.23. The Morgan fingerprint density at radius 3 is 2.67 bits per heavy atom. The molecule has 2 atom stereocenters. The first kappa shape index (κ1) is 7.13. The molecule has 1 rings (SSSR count). The summed E-state index contributed by atoms with van der Waals surface area (Å²) in [6.07, 6.45) is 0.784. The lowest BCUT2D eigenvalue weighted by atomic mass is 10.0. The van der Waals surface area contributed by atoms with Gasteiger partial charge in [-0.05, 0) is 0 Å². The van der Waals surface area contributed by atoms with E-state index in [-0.39, 0.29) is 0 Å². The van der Waals surface area contributed by atoms with Gasteiger partial charge in [0.2, 0.25) is 0 Å². The second-order valence-electron chi connectivity index (χ2n) is 2.72. The van der Waals surface area contributed by atoms with Gasteiger partial charge in [-0.1, -0.05) is 13.8 Å². The highest BCUT2D eigenvalue weighted by molar-refractivity contribution is 8.00. The number of hydrogen-bond donors (Lipinski definition) is 0. The van der Waals surface area contributed by atoms with Crippen LogP contribution in [0.15, 0.2) is 0 Å². The van der Waals surface area contributed by atoms with E-state index in [0.29, 0.717) is 17.0 Å². The summed E-state index contributed by atoms with van der Waals surface area (Å²) < 4.78 is 0. The smallest absolute Gasteiger partial charge is 0.137 e. The number of rotatable bonds is 0. The molecule has 0 saturated carbocycles. The standard InChI is InChI=1S/C7H12OS/c1-5-4-9-6(2)3-7(5)8/h5-6H,3-4H2,1-2H3. The highest BCUT2D eigenvalue weighted by Gasteiger charge is 2.22. The van der Waals surface area contributed by atoms with Gasteiger partial charge in [0.25, 0.3) is 0 Å². The molecule has 0 aromatic carbocycles. The highest BCUT2D eigenvalue weighted by atomic mass is 32.2. The predicted molar refractivity (Wildman–Crippen MR) is 40.7 cm³/mol. The Morgan fingerprint density at radius 1 is 1.56 bits per heavy atom. The van der Waals surface area contributed by atoms with E-state index in [9.17, 15) is 4.79 Å². The average molecular weight is 144 g/mol. The summed E-state index contributed by atoms with van der Waals surface area (Å²) in [4.78, 5) is 11.0. The summed E-state index contributed by atoms with van der Waals surface area (Å²) in [5, 5.41) is 0.564. The number of ketones is 1. The third-order valence-corrected chi connectivity index (χ3v) is 3.10. The van der Waals surface area contributed by atoms with Gasteiger partial charge in [-0.2, -0.15) is 11.8 Å². The first-order valence-electron chi connectivity index (χ1n) is 3.34. The molecular weight excluding hydrogens is 132 g/mol. The number of hydrogen-bond acceptors (Lipinski definition) is 2. The second-order valence-corrected chi connectivity index (χ2v) is 4.19. The molecule has 0 N–H and O–H groups in total. The monoisotopic (exact) mass is 144 g/mol. The van der Waals surface area contributed by atoms with Gasteiger partial charge in [-0.3, -0.25) is 4.79 Å². The summed E-state index contributed by atoms with van der Waals surface area (Å²) in [5.41, 5.74) is 0. The maximum Gasteiger partial charge on any atom is 0.137 e. The minimum Gasteiger partial charge on any atom is -0.299 e. The molecule has 1 aliphatic rings. The molecule has 1 saturated heterocycles. The molecule has 2 unspecified atom stereocenters. The topological polar surface area (TPSA) is 17.1 Å². The fourth-order valence-electron chi connectivity index (χ4n) is 0.945. The molecule has 0 bridgehead atoms. The molecule has 0 spiro atoms. The van der Waals surface area contributed by atoms with Crippen molar-refractivity contribution in [2.75, 3.05) is 5.75 Å². The van der Waals surface area contributed by atoms with Gasteiger partial charge in [-0.25, -0.2) is 0 Å². The maximum atomic E-state index is 11.0. The van der Waals surface area contributed by atoms with Crippen LogP contribution in [-0.2, 0) is 4.79 Å². The van der Waals surface area contributed by atoms with Crippen LogP contribution in [0.3, 0.4) is 0 Å². The normalized spacial score (nSPS) is 36.9. The second kappa shape index (κ2) is 2.74. The van der Waals surface area contributed by atoms with Gasteiger partial charge < -0.3 is 0 Å². The van der Waals surface area contributed by atoms with Gasteiger partial charge in [0.1, 0.15) is 5.78 Å². The minimum absolute atomic E-state index is 0.311. The Bertz CT molecular complexity index is 122. The molecule has 0 aromatic heterocycles. The molecule has 0 aromatic rings. The molecule has 1 aliphatic heterocycles. The number of Topliss-reactive ketones (excluding diaryl/α,β-unsaturated/α-hetero) is 1. The van der Waals surface area contributed by atoms with Crippen molar-refractivity contribution >= 4 is 17.5 Å². The summed E-state index contributed by atoms with van der Waals surface area (Å²) in [5.74, 6) is 1.78. The van der Waals surface area contributed by atoms with Crippen LogP contribution in [0.1, 0.15) is 20.3 Å². The molecule has 0 amide bonds. The van der Waals surface area contributed by atoms with E-state index in [2.05, 4.69) is 6.92 Å². The van der Waals surface area contributed by atoms with E-state index < -0.39 is 0 Å². The van der Waals surface area contributed by atoms with Gasteiger partial charge in [0.05, 0.1) is 0 Å². The molecule has 52 valence electrons. The predicted octanol–water partition coefficient (Wildman–Crippen LogP) is 1.72. The zero-order valence-electron chi connectivity index (χ0n) is 5.89. The number of carbonyl (C=O) groups excluding carboxylic acids is 1. The van der Waals surface area contributed by atoms with Crippen molar-refractivity contribution in [1.29, 1.82) is 0 Å². The van der Waals surface area contributed by atoms with Crippen molar-refractivity contribution in [1.82, 2.24) is 0 Å². The van der Waals surface area contributed by atoms with Crippen LogP contribution in [0.25, 0.3) is 0 Å². The van der Waals surface area contributed by atoms with Crippen LogP contribution in [0.2, 0.25) is 0 Å². The quantitative estimate of drug-likeness (QED) is 0.515. The van der Waals surface area contributed by atoms with Crippen molar-refractivity contribution in [3.63, 3.8) is 0 Å². The van der Waals surface area contributed by atoms with Crippen molar-refractivity contribution in [3.8, 4) is 0 Å². The Balaban J connectivity index is 2.44. The van der Waals surface area contributed by atoms with E-state index in [0.717, 1.165) is 12.2 Å². The fraction of sp³-hybridized carbons (Fsp3) is 0.857. The Kier molecular flexibility index (Phi) is 2.17. The molecule has 1 heterocycles. The molecular formula is C7H12OS. The van der Waals surface area contributed by atoms with Crippen LogP contribution in [0.4, 0.5) is 0 Å². The molecule has 0 radical (unpaired) electrons. The minimum atomic E-state index is 0.311. The molecule has 2 heteroatoms. The maximum absolute atomic E-state index is 11.0. The van der Waals surface area contributed by atoms with E-state index in [4.69, 9.17) is 0 Å². The lowest BCUT2D eigenvalue weighted by Gasteiger charge is -2.20. The largest absolute Gasteiger partial charge is 0.299 e. The zero-order valence-corrected chi connectivity index (χ0v) is 6.70. The summed E-state index contributed by atoms with van der Waals surface area (Å²) >= 11 is 1.91. The Hall–Kier alpha value is 0.0200. The van der Waals surface area contributed by atoms with Gasteiger partial charge in [0, 0.05) is 23.3 Å². The average Bonchev–Trinajstić information content (AvgIpc) is 1.80. The van der Waals surface area contributed by atoms with Crippen LogP contribution in [0.5, 0.6) is 0 Å². The van der Waals surface area contributed by atoms with Crippen LogP contribution in [-0.4, -0.2) is 16.8 Å². The van der Waals surface area contributed by atoms with E-state index in [1.807, 2.05) is 18.7 Å². The third kappa shape index (κ3) is 1.71. The summed E-state index contributed by atoms with van der Waals surface area (Å²) in [6.45, 7) is 4.13. The van der Waals surface area contributed by atoms with Crippen molar-refractivity contribution < 1.29 is 4.79 Å². The fourth-order valence-corrected chi connectivity index (χ4v) is 2.03. The first-order valence-corrected chi connectivity index (χ1v) is 4.39. The van der Waals surface area contributed by atoms with Crippen molar-refractivity contribution in [3.05, 3.63) is 0 Å². The van der Waals surface area contributed by atoms with Crippen LogP contribution >= 0.6 is 11.8 Å². The van der Waals surface area contributed by atoms with Crippen LogP contribution in [0, 0.1) is 5.92 Å². The Morgan fingerprint density at radius 2 is 2.22 bits per heavy atom. The molecule has 1 nitrogen and oxygen atoms in total. The van der Waals surface area contributed by atoms with Gasteiger partial charge in [0.15, 0.2) is 0 Å². The summed E-state index contributed by atoms with van der Waals surface area (Å²) in [6, 6.07) is 0. The molecule has 0 aliphatic carbocycles. The number of carbonyl (C=O) groups is 1. The van der Waals surface area contributed by atoms with E-state index in [1.165, 1.54) is 0 Å². The highest BCUT2D eigenvalue weighted by Crippen LogP contribution is 2.25. The van der Waals surface area contributed by atoms with Crippen LogP contribution < -0.4 is 0 Å². The SMILES string of the molecule is CC1CC(=O)C(C)CS1. The van der Waals surface area contributed by atoms with Gasteiger partial charge in [-0.15, -0.1) is 0 Å². The zero-order chi connectivity index (χ0) is 6.85. The molecule has 1 fully saturated rings. The van der Waals surface area contributed by atoms with E-state index in [1.54, 1.807) is 0 Å². The van der Waals surface area contributed by atoms with Crippen molar-refractivity contribution in [2.45, 2.75) is 25.5 Å². The number of thioether (sulfide) groups is 1. The van der Waals surface area contributed by atoms with E-state index >= 15 is 0 Å². The Labute approximate surface area is 60.2 Å². The third-order valence-electron chi connectivity index (χ3n) is 1.67. The van der Waals surface area contributed by atoms with Gasteiger partial charge >= 0.3 is 0 Å². The van der Waals surface area contributed by atoms with Crippen molar-refractivity contribution in [2.24, 2.45) is 5.92 Å². The summed E-state index contributed by atoms with van der Waals surface area (Å²) in [7, 11) is 0. The lowest BCUT2D eigenvalue weighted by molar-refractivity contribution is -0.121. The first-order chi connectivity index (χ1) is 4.20.